The first-order valence-electron chi connectivity index (χ1n) is 4.49. The Hall–Kier alpha value is -2.33. The molecule has 0 radical (unpaired) electrons. The maximum Gasteiger partial charge on any atom is 0.356 e. The number of rotatable bonds is 4. The van der Waals surface area contributed by atoms with Crippen LogP contribution >= 0.6 is 0 Å². The zero-order valence-corrected chi connectivity index (χ0v) is 8.70. The number of methoxy groups -OCH3 is 1. The summed E-state index contributed by atoms with van der Waals surface area (Å²) in [4.78, 5) is 17.6. The van der Waals surface area contributed by atoms with Gasteiger partial charge >= 0.3 is 5.97 Å². The number of hydrogen-bond acceptors (Lipinski definition) is 4. The van der Waals surface area contributed by atoms with E-state index in [-0.39, 0.29) is 12.2 Å². The number of ether oxygens (including phenoxy) is 1. The molecule has 0 saturated heterocycles. The monoisotopic (exact) mass is 218 g/mol. The standard InChI is InChI=1S/C10H10N4O2/c1-16-10(15)9-7-8(4-6-12-9)3-2-5-13-14-11/h2-4,6-7H,5H2,1H3. The van der Waals surface area contributed by atoms with Crippen LogP contribution in [0, 0.1) is 0 Å². The minimum atomic E-state index is -0.481. The number of carbonyl (C=O) groups is 1. The van der Waals surface area contributed by atoms with Crippen LogP contribution in [-0.2, 0) is 4.74 Å². The van der Waals surface area contributed by atoms with Crippen LogP contribution in [0.2, 0.25) is 0 Å². The lowest BCUT2D eigenvalue weighted by atomic mass is 10.2. The summed E-state index contributed by atoms with van der Waals surface area (Å²) in [6, 6.07) is 3.33. The van der Waals surface area contributed by atoms with Crippen LogP contribution in [0.1, 0.15) is 16.1 Å². The van der Waals surface area contributed by atoms with Gasteiger partial charge in [0.05, 0.1) is 7.11 Å². The molecule has 6 nitrogen and oxygen atoms in total. The number of esters is 1. The summed E-state index contributed by atoms with van der Waals surface area (Å²) in [5.41, 5.74) is 9.10. The van der Waals surface area contributed by atoms with E-state index >= 15 is 0 Å². The van der Waals surface area contributed by atoms with Crippen LogP contribution in [-0.4, -0.2) is 24.6 Å². The number of nitrogens with zero attached hydrogens (tertiary/aromatic N) is 4. The third kappa shape index (κ3) is 3.43. The van der Waals surface area contributed by atoms with E-state index in [1.54, 1.807) is 24.3 Å². The zero-order valence-electron chi connectivity index (χ0n) is 8.70. The molecular formula is C10H10N4O2. The summed E-state index contributed by atoms with van der Waals surface area (Å²) >= 11 is 0. The predicted octanol–water partition coefficient (Wildman–Crippen LogP) is 2.19. The molecule has 0 bridgehead atoms. The smallest absolute Gasteiger partial charge is 0.356 e. The average molecular weight is 218 g/mol. The summed E-state index contributed by atoms with van der Waals surface area (Å²) in [5, 5.41) is 3.35. The van der Waals surface area contributed by atoms with Crippen molar-refractivity contribution in [2.45, 2.75) is 0 Å². The van der Waals surface area contributed by atoms with E-state index in [1.807, 2.05) is 0 Å². The van der Waals surface area contributed by atoms with E-state index < -0.39 is 5.97 Å². The van der Waals surface area contributed by atoms with Gasteiger partial charge in [0, 0.05) is 17.7 Å². The maximum atomic E-state index is 11.2. The molecule has 0 N–H and O–H groups in total. The van der Waals surface area contributed by atoms with E-state index in [1.165, 1.54) is 13.3 Å². The van der Waals surface area contributed by atoms with Gasteiger partial charge in [-0.05, 0) is 23.2 Å². The Morgan fingerprint density at radius 2 is 2.56 bits per heavy atom. The van der Waals surface area contributed by atoms with Gasteiger partial charge in [-0.1, -0.05) is 17.3 Å². The first kappa shape index (κ1) is 11.7. The molecule has 1 heterocycles. The van der Waals surface area contributed by atoms with Crippen molar-refractivity contribution < 1.29 is 9.53 Å². The molecule has 0 aromatic carbocycles. The van der Waals surface area contributed by atoms with Gasteiger partial charge in [-0.25, -0.2) is 9.78 Å². The van der Waals surface area contributed by atoms with Gasteiger partial charge in [-0.2, -0.15) is 0 Å². The first-order valence-corrected chi connectivity index (χ1v) is 4.49. The predicted molar refractivity (Wildman–Crippen MR) is 58.6 cm³/mol. The van der Waals surface area contributed by atoms with E-state index in [9.17, 15) is 4.79 Å². The molecular weight excluding hydrogens is 208 g/mol. The van der Waals surface area contributed by atoms with Gasteiger partial charge in [-0.15, -0.1) is 0 Å². The highest BCUT2D eigenvalue weighted by Crippen LogP contribution is 2.05. The maximum absolute atomic E-state index is 11.2. The third-order valence-corrected chi connectivity index (χ3v) is 1.74. The second-order valence-corrected chi connectivity index (χ2v) is 2.78. The lowest BCUT2D eigenvalue weighted by molar-refractivity contribution is 0.0594. The van der Waals surface area contributed by atoms with Crippen molar-refractivity contribution in [2.75, 3.05) is 13.7 Å². The van der Waals surface area contributed by atoms with Crippen LogP contribution in [0.25, 0.3) is 16.5 Å². The van der Waals surface area contributed by atoms with Gasteiger partial charge in [0.2, 0.25) is 0 Å². The molecule has 0 saturated carbocycles. The fourth-order valence-corrected chi connectivity index (χ4v) is 1.04. The molecule has 0 atom stereocenters. The lowest BCUT2D eigenvalue weighted by Gasteiger charge is -1.98. The van der Waals surface area contributed by atoms with Crippen molar-refractivity contribution in [3.63, 3.8) is 0 Å². The number of azide groups is 1. The topological polar surface area (TPSA) is 88.0 Å². The van der Waals surface area contributed by atoms with Crippen molar-refractivity contribution in [1.29, 1.82) is 0 Å². The Balaban J connectivity index is 2.78. The normalized spacial score (nSPS) is 9.81. The molecule has 1 rings (SSSR count). The van der Waals surface area contributed by atoms with Crippen molar-refractivity contribution in [3.8, 4) is 0 Å². The average Bonchev–Trinajstić information content (AvgIpc) is 2.34. The van der Waals surface area contributed by atoms with Crippen LogP contribution in [0.15, 0.2) is 29.5 Å². The number of aromatic nitrogens is 1. The summed E-state index contributed by atoms with van der Waals surface area (Å²) in [6.45, 7) is 0.270. The minimum Gasteiger partial charge on any atom is -0.464 e. The Labute approximate surface area is 92.2 Å². The largest absolute Gasteiger partial charge is 0.464 e. The molecule has 6 heteroatoms. The molecule has 1 aromatic heterocycles. The van der Waals surface area contributed by atoms with Gasteiger partial charge in [0.15, 0.2) is 0 Å². The minimum absolute atomic E-state index is 0.244. The van der Waals surface area contributed by atoms with Gasteiger partial charge in [0.25, 0.3) is 0 Å². The Morgan fingerprint density at radius 3 is 3.25 bits per heavy atom. The fraction of sp³-hybridized carbons (Fsp3) is 0.200. The number of pyridine rings is 1. The lowest BCUT2D eigenvalue weighted by Crippen LogP contribution is -2.03. The Kier molecular flexibility index (Phi) is 4.56. The summed E-state index contributed by atoms with van der Waals surface area (Å²) in [6.07, 6.45) is 4.94. The second-order valence-electron chi connectivity index (χ2n) is 2.78. The zero-order chi connectivity index (χ0) is 11.8. The molecule has 82 valence electrons. The first-order chi connectivity index (χ1) is 7.77. The van der Waals surface area contributed by atoms with Gasteiger partial charge in [0.1, 0.15) is 5.69 Å². The van der Waals surface area contributed by atoms with Crippen LogP contribution in [0.4, 0.5) is 0 Å². The fourth-order valence-electron chi connectivity index (χ4n) is 1.04. The van der Waals surface area contributed by atoms with Crippen molar-refractivity contribution in [1.82, 2.24) is 4.98 Å². The SMILES string of the molecule is COC(=O)c1cc(C=CCN=[N+]=[N-])ccn1. The highest BCUT2D eigenvalue weighted by molar-refractivity contribution is 5.87. The molecule has 0 aliphatic carbocycles. The molecule has 0 spiro atoms. The Morgan fingerprint density at radius 1 is 1.75 bits per heavy atom. The molecule has 0 aliphatic heterocycles. The third-order valence-electron chi connectivity index (χ3n) is 1.74. The molecule has 16 heavy (non-hydrogen) atoms. The number of hydrogen-bond donors (Lipinski definition) is 0. The highest BCUT2D eigenvalue weighted by atomic mass is 16.5. The second kappa shape index (κ2) is 6.21. The van der Waals surface area contributed by atoms with Crippen molar-refractivity contribution >= 4 is 12.0 Å². The van der Waals surface area contributed by atoms with Crippen LogP contribution in [0.3, 0.4) is 0 Å². The number of carbonyl (C=O) groups excluding carboxylic acids is 1. The van der Waals surface area contributed by atoms with E-state index in [0.717, 1.165) is 5.56 Å². The van der Waals surface area contributed by atoms with Crippen molar-refractivity contribution in [3.05, 3.63) is 46.1 Å². The summed E-state index contributed by atoms with van der Waals surface area (Å²) < 4.78 is 4.54. The highest BCUT2D eigenvalue weighted by Gasteiger charge is 2.05. The van der Waals surface area contributed by atoms with Crippen molar-refractivity contribution in [2.24, 2.45) is 5.11 Å². The van der Waals surface area contributed by atoms with Crippen LogP contribution < -0.4 is 0 Å². The Bertz CT molecular complexity index is 450. The van der Waals surface area contributed by atoms with Gasteiger partial charge in [-0.3, -0.25) is 0 Å². The van der Waals surface area contributed by atoms with E-state index in [0.29, 0.717) is 0 Å². The van der Waals surface area contributed by atoms with E-state index in [4.69, 9.17) is 5.53 Å². The molecule has 0 unspecified atom stereocenters. The molecule has 0 amide bonds. The van der Waals surface area contributed by atoms with Crippen LogP contribution in [0.5, 0.6) is 0 Å². The summed E-state index contributed by atoms with van der Waals surface area (Å²) in [5.74, 6) is -0.481. The summed E-state index contributed by atoms with van der Waals surface area (Å²) in [7, 11) is 1.30. The molecule has 0 fully saturated rings. The van der Waals surface area contributed by atoms with Gasteiger partial charge < -0.3 is 4.74 Å². The quantitative estimate of drug-likeness (QED) is 0.336. The van der Waals surface area contributed by atoms with E-state index in [2.05, 4.69) is 19.7 Å². The molecule has 1 aromatic rings. The molecule has 0 aliphatic rings.